The van der Waals surface area contributed by atoms with E-state index in [1.165, 1.54) is 0 Å². The highest BCUT2D eigenvalue weighted by molar-refractivity contribution is 5.90. The summed E-state index contributed by atoms with van der Waals surface area (Å²) in [6, 6.07) is 1.59. The monoisotopic (exact) mass is 270 g/mol. The van der Waals surface area contributed by atoms with E-state index in [1.54, 1.807) is 0 Å². The van der Waals surface area contributed by atoms with Crippen LogP contribution in [0.5, 0.6) is 0 Å². The lowest BCUT2D eigenvalue weighted by Gasteiger charge is -2.08. The van der Waals surface area contributed by atoms with E-state index in [1.807, 2.05) is 6.92 Å². The lowest BCUT2D eigenvalue weighted by Crippen LogP contribution is -2.08. The van der Waals surface area contributed by atoms with E-state index in [9.17, 15) is 19.3 Å². The molecule has 6 nitrogen and oxygen atoms in total. The van der Waals surface area contributed by atoms with Crippen molar-refractivity contribution in [2.24, 2.45) is 0 Å². The van der Waals surface area contributed by atoms with Crippen LogP contribution in [0.1, 0.15) is 36.5 Å². The Morgan fingerprint density at radius 3 is 2.68 bits per heavy atom. The predicted octanol–water partition coefficient (Wildman–Crippen LogP) is 3.03. The molecule has 19 heavy (non-hydrogen) atoms. The van der Waals surface area contributed by atoms with E-state index in [0.717, 1.165) is 25.3 Å². The lowest BCUT2D eigenvalue weighted by molar-refractivity contribution is -0.384. The summed E-state index contributed by atoms with van der Waals surface area (Å²) in [5, 5.41) is 22.4. The van der Waals surface area contributed by atoms with Crippen LogP contribution in [0.25, 0.3) is 0 Å². The average molecular weight is 270 g/mol. The number of unbranched alkanes of at least 4 members (excludes halogenated alkanes) is 2. The number of nitro benzene ring substituents is 1. The van der Waals surface area contributed by atoms with Crippen LogP contribution in [-0.2, 0) is 0 Å². The minimum atomic E-state index is -1.45. The highest BCUT2D eigenvalue weighted by Gasteiger charge is 2.21. The summed E-state index contributed by atoms with van der Waals surface area (Å²) < 4.78 is 13.4. The third-order valence-electron chi connectivity index (χ3n) is 2.61. The zero-order chi connectivity index (χ0) is 14.4. The molecule has 0 spiro atoms. The van der Waals surface area contributed by atoms with Gasteiger partial charge in [-0.15, -0.1) is 0 Å². The number of nitrogens with one attached hydrogen (secondary N) is 1. The standard InChI is InChI=1S/C12H15FN2O4/c1-2-3-4-5-14-10-6-8(12(16)17)9(13)7-11(10)15(18)19/h6-7,14H,2-5H2,1H3,(H,16,17). The molecular weight excluding hydrogens is 255 g/mol. The molecule has 0 saturated carbocycles. The number of benzene rings is 1. The highest BCUT2D eigenvalue weighted by Crippen LogP contribution is 2.28. The summed E-state index contributed by atoms with van der Waals surface area (Å²) >= 11 is 0. The molecule has 7 heteroatoms. The van der Waals surface area contributed by atoms with E-state index in [2.05, 4.69) is 5.32 Å². The van der Waals surface area contributed by atoms with Crippen LogP contribution >= 0.6 is 0 Å². The lowest BCUT2D eigenvalue weighted by atomic mass is 10.1. The number of anilines is 1. The Morgan fingerprint density at radius 1 is 1.47 bits per heavy atom. The number of carboxylic acid groups (broad SMARTS) is 1. The van der Waals surface area contributed by atoms with Gasteiger partial charge in [-0.2, -0.15) is 0 Å². The van der Waals surface area contributed by atoms with Crippen molar-refractivity contribution in [2.75, 3.05) is 11.9 Å². The Hall–Kier alpha value is -2.18. The van der Waals surface area contributed by atoms with Crippen LogP contribution in [0.2, 0.25) is 0 Å². The van der Waals surface area contributed by atoms with Gasteiger partial charge in [0.1, 0.15) is 11.5 Å². The second kappa shape index (κ2) is 6.67. The zero-order valence-corrected chi connectivity index (χ0v) is 10.5. The SMILES string of the molecule is CCCCCNc1cc(C(=O)O)c(F)cc1[N+](=O)[O-]. The smallest absolute Gasteiger partial charge is 0.338 e. The molecule has 104 valence electrons. The summed E-state index contributed by atoms with van der Waals surface area (Å²) in [5.74, 6) is -2.57. The largest absolute Gasteiger partial charge is 0.478 e. The molecule has 0 amide bonds. The molecule has 1 aromatic carbocycles. The molecule has 1 rings (SSSR count). The van der Waals surface area contributed by atoms with Crippen molar-refractivity contribution in [2.45, 2.75) is 26.2 Å². The molecule has 1 aromatic rings. The maximum atomic E-state index is 13.4. The number of hydrogen-bond acceptors (Lipinski definition) is 4. The first-order valence-corrected chi connectivity index (χ1v) is 5.92. The van der Waals surface area contributed by atoms with Crippen molar-refractivity contribution in [3.8, 4) is 0 Å². The van der Waals surface area contributed by atoms with Crippen LogP contribution in [0, 0.1) is 15.9 Å². The molecule has 0 bridgehead atoms. The van der Waals surface area contributed by atoms with E-state index in [0.29, 0.717) is 12.6 Å². The van der Waals surface area contributed by atoms with E-state index < -0.39 is 28.0 Å². The molecular formula is C12H15FN2O4. The number of hydrogen-bond donors (Lipinski definition) is 2. The molecule has 0 unspecified atom stereocenters. The number of nitrogens with zero attached hydrogens (tertiary/aromatic N) is 1. The van der Waals surface area contributed by atoms with E-state index in [-0.39, 0.29) is 5.69 Å². The molecule has 0 atom stereocenters. The fourth-order valence-electron chi connectivity index (χ4n) is 1.62. The quantitative estimate of drug-likeness (QED) is 0.451. The molecule has 0 aliphatic carbocycles. The average Bonchev–Trinajstić information content (AvgIpc) is 2.35. The molecule has 0 fully saturated rings. The van der Waals surface area contributed by atoms with Crippen LogP contribution in [0.15, 0.2) is 12.1 Å². The summed E-state index contributed by atoms with van der Waals surface area (Å²) in [5.41, 5.74) is -1.01. The minimum Gasteiger partial charge on any atom is -0.478 e. The third-order valence-corrected chi connectivity index (χ3v) is 2.61. The highest BCUT2D eigenvalue weighted by atomic mass is 19.1. The molecule has 0 saturated heterocycles. The summed E-state index contributed by atoms with van der Waals surface area (Å²) in [4.78, 5) is 20.9. The first-order valence-electron chi connectivity index (χ1n) is 5.92. The predicted molar refractivity (Wildman–Crippen MR) is 68.0 cm³/mol. The molecule has 0 radical (unpaired) electrons. The topological polar surface area (TPSA) is 92.5 Å². The molecule has 0 aliphatic heterocycles. The number of aromatic carboxylic acids is 1. The van der Waals surface area contributed by atoms with Gasteiger partial charge in [0.25, 0.3) is 5.69 Å². The second-order valence-corrected chi connectivity index (χ2v) is 4.05. The maximum Gasteiger partial charge on any atom is 0.338 e. The Bertz CT molecular complexity index is 491. The van der Waals surface area contributed by atoms with Gasteiger partial charge >= 0.3 is 5.97 Å². The van der Waals surface area contributed by atoms with Gasteiger partial charge in [0.2, 0.25) is 0 Å². The molecule has 0 aliphatic rings. The van der Waals surface area contributed by atoms with Gasteiger partial charge < -0.3 is 10.4 Å². The molecule has 0 aromatic heterocycles. The first kappa shape index (κ1) is 14.9. The van der Waals surface area contributed by atoms with Crippen molar-refractivity contribution in [3.05, 3.63) is 33.6 Å². The van der Waals surface area contributed by atoms with E-state index in [4.69, 9.17) is 5.11 Å². The summed E-state index contributed by atoms with van der Waals surface area (Å²) in [6.07, 6.45) is 2.74. The third kappa shape index (κ3) is 3.90. The van der Waals surface area contributed by atoms with Crippen LogP contribution < -0.4 is 5.32 Å². The van der Waals surface area contributed by atoms with Gasteiger partial charge in [-0.3, -0.25) is 10.1 Å². The molecule has 2 N–H and O–H groups in total. The van der Waals surface area contributed by atoms with Crippen molar-refractivity contribution < 1.29 is 19.2 Å². The van der Waals surface area contributed by atoms with Crippen LogP contribution in [0.4, 0.5) is 15.8 Å². The minimum absolute atomic E-state index is 0.0277. The number of carbonyl (C=O) groups is 1. The first-order chi connectivity index (χ1) is 8.97. The van der Waals surface area contributed by atoms with Gasteiger partial charge in [0, 0.05) is 6.54 Å². The van der Waals surface area contributed by atoms with Crippen molar-refractivity contribution in [3.63, 3.8) is 0 Å². The Balaban J connectivity index is 3.01. The fourth-order valence-corrected chi connectivity index (χ4v) is 1.62. The van der Waals surface area contributed by atoms with Gasteiger partial charge in [-0.05, 0) is 12.5 Å². The normalized spacial score (nSPS) is 10.2. The van der Waals surface area contributed by atoms with Gasteiger partial charge in [0.05, 0.1) is 16.6 Å². The van der Waals surface area contributed by atoms with Gasteiger partial charge in [0.15, 0.2) is 0 Å². The van der Waals surface area contributed by atoms with Crippen molar-refractivity contribution >= 4 is 17.3 Å². The summed E-state index contributed by atoms with van der Waals surface area (Å²) in [6.45, 7) is 2.49. The zero-order valence-electron chi connectivity index (χ0n) is 10.5. The number of halogens is 1. The number of carboxylic acids is 1. The Kier molecular flexibility index (Phi) is 5.23. The van der Waals surface area contributed by atoms with Gasteiger partial charge in [-0.1, -0.05) is 19.8 Å². The molecule has 0 heterocycles. The second-order valence-electron chi connectivity index (χ2n) is 4.05. The van der Waals surface area contributed by atoms with Crippen LogP contribution in [0.3, 0.4) is 0 Å². The van der Waals surface area contributed by atoms with E-state index >= 15 is 0 Å². The maximum absolute atomic E-state index is 13.4. The van der Waals surface area contributed by atoms with Crippen LogP contribution in [-0.4, -0.2) is 22.5 Å². The fraction of sp³-hybridized carbons (Fsp3) is 0.417. The summed E-state index contributed by atoms with van der Waals surface area (Å²) in [7, 11) is 0. The van der Waals surface area contributed by atoms with Gasteiger partial charge in [-0.25, -0.2) is 9.18 Å². The number of nitro groups is 1. The Labute approximate surface area is 109 Å². The number of rotatable bonds is 7. The Morgan fingerprint density at radius 2 is 2.16 bits per heavy atom. The van der Waals surface area contributed by atoms with Crippen molar-refractivity contribution in [1.82, 2.24) is 0 Å². The van der Waals surface area contributed by atoms with Crippen molar-refractivity contribution in [1.29, 1.82) is 0 Å².